The predicted molar refractivity (Wildman–Crippen MR) is 79.5 cm³/mol. The van der Waals surface area contributed by atoms with Gasteiger partial charge in [0.2, 0.25) is 0 Å². The third-order valence-electron chi connectivity index (χ3n) is 3.70. The van der Waals surface area contributed by atoms with E-state index in [0.717, 1.165) is 25.0 Å². The van der Waals surface area contributed by atoms with Crippen LogP contribution >= 0.6 is 0 Å². The second kappa shape index (κ2) is 7.41. The molecule has 4 nitrogen and oxygen atoms in total. The van der Waals surface area contributed by atoms with Gasteiger partial charge in [-0.1, -0.05) is 26.0 Å². The molecule has 0 bridgehead atoms. The lowest BCUT2D eigenvalue weighted by Gasteiger charge is -2.23. The molecule has 2 N–H and O–H groups in total. The lowest BCUT2D eigenvalue weighted by atomic mass is 9.96. The summed E-state index contributed by atoms with van der Waals surface area (Å²) < 4.78 is 18.5. The highest BCUT2D eigenvalue weighted by Gasteiger charge is 2.20. The monoisotopic (exact) mass is 294 g/mol. The number of amides is 2. The fraction of sp³-hybridized carbons (Fsp3) is 0.562. The summed E-state index contributed by atoms with van der Waals surface area (Å²) >= 11 is 0. The van der Waals surface area contributed by atoms with Crippen molar-refractivity contribution in [2.45, 2.75) is 38.8 Å². The largest absolute Gasteiger partial charge is 0.376 e. The van der Waals surface area contributed by atoms with Crippen LogP contribution in [0.3, 0.4) is 0 Å². The van der Waals surface area contributed by atoms with Crippen molar-refractivity contribution in [2.24, 2.45) is 5.92 Å². The molecular formula is C16H23FN2O2. The summed E-state index contributed by atoms with van der Waals surface area (Å²) in [7, 11) is 0. The molecule has 0 saturated carbocycles. The SMILES string of the molecule is CC(C)C(NC(=O)NCC1CCCO1)c1ccc(F)cc1. The predicted octanol–water partition coefficient (Wildman–Crippen LogP) is 3.00. The Balaban J connectivity index is 1.89. The van der Waals surface area contributed by atoms with Gasteiger partial charge >= 0.3 is 6.03 Å². The number of ether oxygens (including phenoxy) is 1. The minimum atomic E-state index is -0.274. The first-order chi connectivity index (χ1) is 10.1. The van der Waals surface area contributed by atoms with Gasteiger partial charge in [0, 0.05) is 13.2 Å². The van der Waals surface area contributed by atoms with Gasteiger partial charge in [-0.15, -0.1) is 0 Å². The van der Waals surface area contributed by atoms with Crippen LogP contribution in [-0.4, -0.2) is 25.3 Å². The molecule has 1 aromatic carbocycles. The Labute approximate surface area is 125 Å². The highest BCUT2D eigenvalue weighted by Crippen LogP contribution is 2.21. The van der Waals surface area contributed by atoms with Crippen LogP contribution in [0, 0.1) is 11.7 Å². The van der Waals surface area contributed by atoms with Crippen molar-refractivity contribution < 1.29 is 13.9 Å². The van der Waals surface area contributed by atoms with Crippen molar-refractivity contribution in [3.05, 3.63) is 35.6 Å². The van der Waals surface area contributed by atoms with Crippen LogP contribution in [0.1, 0.15) is 38.3 Å². The molecule has 2 unspecified atom stereocenters. The van der Waals surface area contributed by atoms with E-state index in [1.807, 2.05) is 13.8 Å². The molecule has 0 aliphatic carbocycles. The van der Waals surface area contributed by atoms with Gasteiger partial charge in [-0.25, -0.2) is 9.18 Å². The number of carbonyl (C=O) groups excluding carboxylic acids is 1. The molecule has 21 heavy (non-hydrogen) atoms. The molecule has 1 saturated heterocycles. The van der Waals surface area contributed by atoms with Crippen LogP contribution in [0.5, 0.6) is 0 Å². The molecule has 2 amide bonds. The number of halogens is 1. The Bertz CT molecular complexity index is 456. The lowest BCUT2D eigenvalue weighted by Crippen LogP contribution is -2.42. The summed E-state index contributed by atoms with van der Waals surface area (Å²) in [5, 5.41) is 5.79. The number of hydrogen-bond donors (Lipinski definition) is 2. The fourth-order valence-electron chi connectivity index (χ4n) is 2.51. The van der Waals surface area contributed by atoms with Crippen molar-refractivity contribution in [1.82, 2.24) is 10.6 Å². The van der Waals surface area contributed by atoms with Crippen molar-refractivity contribution in [2.75, 3.05) is 13.2 Å². The molecule has 5 heteroatoms. The molecule has 0 radical (unpaired) electrons. The van der Waals surface area contributed by atoms with Crippen LogP contribution in [0.4, 0.5) is 9.18 Å². The van der Waals surface area contributed by atoms with Crippen molar-refractivity contribution in [3.8, 4) is 0 Å². The summed E-state index contributed by atoms with van der Waals surface area (Å²) in [4.78, 5) is 12.0. The summed E-state index contributed by atoms with van der Waals surface area (Å²) in [5.41, 5.74) is 0.902. The van der Waals surface area contributed by atoms with Gasteiger partial charge in [0.1, 0.15) is 5.82 Å². The molecule has 1 aromatic rings. The summed E-state index contributed by atoms with van der Waals surface area (Å²) in [6, 6.07) is 5.89. The molecule has 2 atom stereocenters. The van der Waals surface area contributed by atoms with E-state index in [4.69, 9.17) is 4.74 Å². The van der Waals surface area contributed by atoms with E-state index in [1.165, 1.54) is 12.1 Å². The van der Waals surface area contributed by atoms with E-state index in [9.17, 15) is 9.18 Å². The van der Waals surface area contributed by atoms with E-state index in [-0.39, 0.29) is 29.9 Å². The van der Waals surface area contributed by atoms with Crippen LogP contribution in [-0.2, 0) is 4.74 Å². The van der Waals surface area contributed by atoms with E-state index in [0.29, 0.717) is 6.54 Å². The molecule has 0 spiro atoms. The molecule has 2 rings (SSSR count). The van der Waals surface area contributed by atoms with Gasteiger partial charge in [0.05, 0.1) is 12.1 Å². The maximum atomic E-state index is 13.0. The van der Waals surface area contributed by atoms with Gasteiger partial charge in [-0.3, -0.25) is 0 Å². The van der Waals surface area contributed by atoms with Gasteiger partial charge < -0.3 is 15.4 Å². The average molecular weight is 294 g/mol. The topological polar surface area (TPSA) is 50.4 Å². The summed E-state index contributed by atoms with van der Waals surface area (Å²) in [6.07, 6.45) is 2.17. The average Bonchev–Trinajstić information content (AvgIpc) is 2.97. The highest BCUT2D eigenvalue weighted by atomic mass is 19.1. The zero-order chi connectivity index (χ0) is 15.2. The van der Waals surface area contributed by atoms with Crippen LogP contribution in [0.15, 0.2) is 24.3 Å². The molecule has 116 valence electrons. The normalized spacial score (nSPS) is 19.5. The molecule has 1 heterocycles. The molecule has 0 aromatic heterocycles. The number of benzene rings is 1. The minimum absolute atomic E-state index is 0.124. The second-order valence-corrected chi connectivity index (χ2v) is 5.76. The third kappa shape index (κ3) is 4.70. The van der Waals surface area contributed by atoms with Gasteiger partial charge in [-0.05, 0) is 36.5 Å². The third-order valence-corrected chi connectivity index (χ3v) is 3.70. The molecule has 1 aliphatic rings. The second-order valence-electron chi connectivity index (χ2n) is 5.76. The highest BCUT2D eigenvalue weighted by molar-refractivity contribution is 5.74. The number of urea groups is 1. The van der Waals surface area contributed by atoms with Crippen LogP contribution in [0.25, 0.3) is 0 Å². The Morgan fingerprint density at radius 1 is 1.38 bits per heavy atom. The molecular weight excluding hydrogens is 271 g/mol. The van der Waals surface area contributed by atoms with E-state index in [2.05, 4.69) is 10.6 Å². The van der Waals surface area contributed by atoms with Gasteiger partial charge in [0.15, 0.2) is 0 Å². The first kappa shape index (κ1) is 15.8. The Hall–Kier alpha value is -1.62. The molecule has 1 fully saturated rings. The Morgan fingerprint density at radius 3 is 2.67 bits per heavy atom. The zero-order valence-corrected chi connectivity index (χ0v) is 12.6. The van der Waals surface area contributed by atoms with Gasteiger partial charge in [0.25, 0.3) is 0 Å². The minimum Gasteiger partial charge on any atom is -0.376 e. The number of hydrogen-bond acceptors (Lipinski definition) is 2. The van der Waals surface area contributed by atoms with E-state index >= 15 is 0 Å². The number of rotatable bonds is 5. The van der Waals surface area contributed by atoms with Crippen LogP contribution < -0.4 is 10.6 Å². The van der Waals surface area contributed by atoms with Crippen molar-refractivity contribution in [1.29, 1.82) is 0 Å². The first-order valence-corrected chi connectivity index (χ1v) is 7.47. The summed E-state index contributed by atoms with van der Waals surface area (Å²) in [5.74, 6) is -0.0620. The smallest absolute Gasteiger partial charge is 0.315 e. The maximum absolute atomic E-state index is 13.0. The fourth-order valence-corrected chi connectivity index (χ4v) is 2.51. The number of nitrogens with one attached hydrogen (secondary N) is 2. The zero-order valence-electron chi connectivity index (χ0n) is 12.6. The van der Waals surface area contributed by atoms with Crippen molar-refractivity contribution in [3.63, 3.8) is 0 Å². The van der Waals surface area contributed by atoms with E-state index in [1.54, 1.807) is 12.1 Å². The Morgan fingerprint density at radius 2 is 2.10 bits per heavy atom. The Kier molecular flexibility index (Phi) is 5.56. The van der Waals surface area contributed by atoms with Crippen molar-refractivity contribution >= 4 is 6.03 Å². The van der Waals surface area contributed by atoms with Crippen LogP contribution in [0.2, 0.25) is 0 Å². The summed E-state index contributed by atoms with van der Waals surface area (Å²) in [6.45, 7) is 5.35. The standard InChI is InChI=1S/C16H23FN2O2/c1-11(2)15(12-5-7-13(17)8-6-12)19-16(20)18-10-14-4-3-9-21-14/h5-8,11,14-15H,3-4,9-10H2,1-2H3,(H2,18,19,20). The van der Waals surface area contributed by atoms with Gasteiger partial charge in [-0.2, -0.15) is 0 Å². The maximum Gasteiger partial charge on any atom is 0.315 e. The molecule has 1 aliphatic heterocycles. The van der Waals surface area contributed by atoms with E-state index < -0.39 is 0 Å². The lowest BCUT2D eigenvalue weighted by molar-refractivity contribution is 0.111. The number of carbonyl (C=O) groups is 1. The first-order valence-electron chi connectivity index (χ1n) is 7.47. The quantitative estimate of drug-likeness (QED) is 0.877.